The first kappa shape index (κ1) is 14.3. The smallest absolute Gasteiger partial charge is 0.271 e. The quantitative estimate of drug-likeness (QED) is 0.860. The van der Waals surface area contributed by atoms with Gasteiger partial charge in [0, 0.05) is 21.6 Å². The van der Waals surface area contributed by atoms with Crippen molar-refractivity contribution in [2.75, 3.05) is 6.61 Å². The zero-order chi connectivity index (χ0) is 15.0. The molecule has 3 rings (SSSR count). The van der Waals surface area contributed by atoms with Crippen LogP contribution in [-0.4, -0.2) is 25.9 Å². The normalized spacial score (nSPS) is 17.1. The number of halogens is 1. The molecule has 1 amide bonds. The van der Waals surface area contributed by atoms with Crippen molar-refractivity contribution in [3.8, 4) is 5.75 Å². The Morgan fingerprint density at radius 3 is 2.95 bits per heavy atom. The van der Waals surface area contributed by atoms with E-state index in [0.717, 1.165) is 0 Å². The maximum absolute atomic E-state index is 12.0. The van der Waals surface area contributed by atoms with E-state index in [4.69, 9.17) is 15.4 Å². The van der Waals surface area contributed by atoms with E-state index >= 15 is 0 Å². The Labute approximate surface area is 129 Å². The Hall–Kier alpha value is -1.64. The van der Waals surface area contributed by atoms with E-state index in [-0.39, 0.29) is 17.4 Å². The fourth-order valence-electron chi connectivity index (χ4n) is 2.02. The van der Waals surface area contributed by atoms with E-state index in [1.165, 1.54) is 29.5 Å². The molecule has 0 spiro atoms. The second-order valence-corrected chi connectivity index (χ2v) is 7.63. The van der Waals surface area contributed by atoms with Gasteiger partial charge in [0.2, 0.25) is 0 Å². The van der Waals surface area contributed by atoms with Crippen molar-refractivity contribution in [2.24, 2.45) is 0 Å². The molecule has 9 heteroatoms. The summed E-state index contributed by atoms with van der Waals surface area (Å²) < 4.78 is 28.2. The Morgan fingerprint density at radius 2 is 2.29 bits per heavy atom. The fourth-order valence-corrected chi connectivity index (χ4v) is 3.34. The van der Waals surface area contributed by atoms with E-state index in [9.17, 15) is 13.2 Å². The minimum atomic E-state index is -3.83. The monoisotopic (exact) mass is 344 g/mol. The lowest BCUT2D eigenvalue weighted by Crippen LogP contribution is -2.29. The highest BCUT2D eigenvalue weighted by Crippen LogP contribution is 2.34. The number of rotatable bonds is 3. The van der Waals surface area contributed by atoms with Gasteiger partial charge in [0.25, 0.3) is 15.0 Å². The average molecular weight is 345 g/mol. The predicted molar refractivity (Wildman–Crippen MR) is 77.3 cm³/mol. The summed E-state index contributed by atoms with van der Waals surface area (Å²) >= 11 is 1.32. The summed E-state index contributed by atoms with van der Waals surface area (Å²) in [6.07, 6.45) is 0. The number of benzene rings is 1. The molecule has 1 N–H and O–H groups in total. The van der Waals surface area contributed by atoms with Crippen LogP contribution in [0.25, 0.3) is 0 Å². The summed E-state index contributed by atoms with van der Waals surface area (Å²) in [6.45, 7) is 0.233. The standard InChI is InChI=1S/C12H9ClN2O4S2/c13-21(17,18)7-1-2-11-8(3-7)9(4-19-11)15-12(16)10-5-20-6-14-10/h1-3,5-6,9H,4H2,(H,15,16). The number of amides is 1. The van der Waals surface area contributed by atoms with Gasteiger partial charge < -0.3 is 10.1 Å². The molecule has 1 aromatic carbocycles. The van der Waals surface area contributed by atoms with Crippen molar-refractivity contribution in [1.29, 1.82) is 0 Å². The Balaban J connectivity index is 1.87. The highest BCUT2D eigenvalue weighted by atomic mass is 35.7. The third-order valence-electron chi connectivity index (χ3n) is 3.01. The molecular weight excluding hydrogens is 336 g/mol. The first-order chi connectivity index (χ1) is 9.95. The van der Waals surface area contributed by atoms with Crippen LogP contribution >= 0.6 is 22.0 Å². The average Bonchev–Trinajstić information content (AvgIpc) is 3.07. The van der Waals surface area contributed by atoms with Crippen LogP contribution in [0, 0.1) is 0 Å². The largest absolute Gasteiger partial charge is 0.491 e. The number of aromatic nitrogens is 1. The maximum atomic E-state index is 12.0. The Morgan fingerprint density at radius 1 is 1.48 bits per heavy atom. The summed E-state index contributed by atoms with van der Waals surface area (Å²) in [5, 5.41) is 4.39. The number of hydrogen-bond acceptors (Lipinski definition) is 6. The first-order valence-corrected chi connectivity index (χ1v) is 9.11. The third kappa shape index (κ3) is 2.87. The van der Waals surface area contributed by atoms with E-state index in [1.807, 2.05) is 0 Å². The fraction of sp³-hybridized carbons (Fsp3) is 0.167. The minimum Gasteiger partial charge on any atom is -0.491 e. The molecule has 0 saturated carbocycles. The van der Waals surface area contributed by atoms with Gasteiger partial charge in [-0.05, 0) is 18.2 Å². The summed E-state index contributed by atoms with van der Waals surface area (Å²) in [5.41, 5.74) is 2.46. The molecule has 2 heterocycles. The zero-order valence-corrected chi connectivity index (χ0v) is 12.8. The lowest BCUT2D eigenvalue weighted by atomic mass is 10.1. The highest BCUT2D eigenvalue weighted by Gasteiger charge is 2.28. The Bertz CT molecular complexity index is 790. The van der Waals surface area contributed by atoms with Gasteiger partial charge in [-0.15, -0.1) is 11.3 Å². The number of hydrogen-bond donors (Lipinski definition) is 1. The molecule has 1 unspecified atom stereocenters. The highest BCUT2D eigenvalue weighted by molar-refractivity contribution is 8.13. The van der Waals surface area contributed by atoms with Crippen LogP contribution in [0.15, 0.2) is 34.0 Å². The maximum Gasteiger partial charge on any atom is 0.271 e. The van der Waals surface area contributed by atoms with Crippen molar-refractivity contribution in [3.05, 3.63) is 40.3 Å². The number of thiazole rings is 1. The predicted octanol–water partition coefficient (Wildman–Crippen LogP) is 1.93. The number of ether oxygens (including phenoxy) is 1. The van der Waals surface area contributed by atoms with Crippen molar-refractivity contribution in [3.63, 3.8) is 0 Å². The molecule has 110 valence electrons. The third-order valence-corrected chi connectivity index (χ3v) is 4.95. The summed E-state index contributed by atoms with van der Waals surface area (Å²) in [5.74, 6) is 0.194. The number of carbonyl (C=O) groups is 1. The van der Waals surface area contributed by atoms with Crippen LogP contribution in [0.5, 0.6) is 5.75 Å². The van der Waals surface area contributed by atoms with E-state index in [0.29, 0.717) is 17.0 Å². The van der Waals surface area contributed by atoms with Crippen molar-refractivity contribution in [2.45, 2.75) is 10.9 Å². The minimum absolute atomic E-state index is 0.0266. The van der Waals surface area contributed by atoms with Gasteiger partial charge in [-0.25, -0.2) is 13.4 Å². The molecule has 1 atom stereocenters. The van der Waals surface area contributed by atoms with Gasteiger partial charge in [0.1, 0.15) is 18.1 Å². The lowest BCUT2D eigenvalue weighted by molar-refractivity contribution is 0.0926. The van der Waals surface area contributed by atoms with Crippen LogP contribution in [0.2, 0.25) is 0 Å². The van der Waals surface area contributed by atoms with E-state index in [2.05, 4.69) is 10.3 Å². The summed E-state index contributed by atoms with van der Waals surface area (Å²) in [7, 11) is 1.50. The molecule has 0 aliphatic carbocycles. The Kier molecular flexibility index (Phi) is 3.60. The van der Waals surface area contributed by atoms with Crippen molar-refractivity contribution < 1.29 is 17.9 Å². The van der Waals surface area contributed by atoms with Crippen LogP contribution in [0.3, 0.4) is 0 Å². The molecule has 1 aliphatic heterocycles. The first-order valence-electron chi connectivity index (χ1n) is 5.85. The second-order valence-electron chi connectivity index (χ2n) is 4.35. The number of carbonyl (C=O) groups excluding carboxylic acids is 1. The SMILES string of the molecule is O=C(NC1COc2ccc(S(=O)(=O)Cl)cc21)c1cscn1. The molecule has 0 radical (unpaired) electrons. The van der Waals surface area contributed by atoms with Crippen molar-refractivity contribution >= 4 is 37.0 Å². The molecule has 0 saturated heterocycles. The van der Waals surface area contributed by atoms with Gasteiger partial charge in [0.05, 0.1) is 16.4 Å². The zero-order valence-electron chi connectivity index (χ0n) is 10.4. The lowest BCUT2D eigenvalue weighted by Gasteiger charge is -2.11. The number of nitrogens with one attached hydrogen (secondary N) is 1. The molecule has 21 heavy (non-hydrogen) atoms. The molecule has 2 aromatic rings. The number of fused-ring (bicyclic) bond motifs is 1. The van der Waals surface area contributed by atoms with Gasteiger partial charge in [-0.3, -0.25) is 4.79 Å². The van der Waals surface area contributed by atoms with Gasteiger partial charge in [-0.2, -0.15) is 0 Å². The van der Waals surface area contributed by atoms with E-state index < -0.39 is 15.1 Å². The van der Waals surface area contributed by atoms with Crippen LogP contribution in [-0.2, 0) is 9.05 Å². The summed E-state index contributed by atoms with van der Waals surface area (Å²) in [4.78, 5) is 15.9. The van der Waals surface area contributed by atoms with Crippen LogP contribution in [0.4, 0.5) is 0 Å². The molecule has 1 aliphatic rings. The second kappa shape index (κ2) is 5.28. The van der Waals surface area contributed by atoms with Gasteiger partial charge in [-0.1, -0.05) is 0 Å². The molecule has 6 nitrogen and oxygen atoms in total. The molecule has 0 fully saturated rings. The van der Waals surface area contributed by atoms with Crippen LogP contribution < -0.4 is 10.1 Å². The topological polar surface area (TPSA) is 85.4 Å². The van der Waals surface area contributed by atoms with Gasteiger partial charge >= 0.3 is 0 Å². The number of nitrogens with zero attached hydrogens (tertiary/aromatic N) is 1. The molecule has 1 aromatic heterocycles. The molecule has 0 bridgehead atoms. The van der Waals surface area contributed by atoms with Gasteiger partial charge in [0.15, 0.2) is 0 Å². The molecular formula is C12H9ClN2O4S2. The summed E-state index contributed by atoms with van der Waals surface area (Å²) in [6, 6.07) is 3.87. The van der Waals surface area contributed by atoms with E-state index in [1.54, 1.807) is 10.9 Å². The van der Waals surface area contributed by atoms with Crippen LogP contribution in [0.1, 0.15) is 22.1 Å². The van der Waals surface area contributed by atoms with Crippen molar-refractivity contribution in [1.82, 2.24) is 10.3 Å².